The number of hydrogen-bond donors (Lipinski definition) is 2. The van der Waals surface area contributed by atoms with Gasteiger partial charge in [-0.25, -0.2) is 8.42 Å². The number of benzene rings is 1. The zero-order valence-electron chi connectivity index (χ0n) is 13.8. The largest absolute Gasteiger partial charge is 0.353 e. The number of aromatic amines is 1. The Morgan fingerprint density at radius 2 is 1.83 bits per heavy atom. The van der Waals surface area contributed by atoms with Crippen LogP contribution >= 0.6 is 0 Å². The molecular weight excluding hydrogens is 328 g/mol. The molecule has 3 rings (SSSR count). The summed E-state index contributed by atoms with van der Waals surface area (Å²) in [6, 6.07) is 6.45. The van der Waals surface area contributed by atoms with E-state index < -0.39 is 16.1 Å². The van der Waals surface area contributed by atoms with Crippen molar-refractivity contribution in [1.29, 1.82) is 0 Å². The molecule has 1 aromatic carbocycles. The van der Waals surface area contributed by atoms with Crippen molar-refractivity contribution in [1.82, 2.24) is 19.8 Å². The maximum atomic E-state index is 13.2. The molecule has 0 radical (unpaired) electrons. The fraction of sp³-hybridized carbons (Fsp3) is 0.375. The lowest BCUT2D eigenvalue weighted by molar-refractivity contribution is -0.126. The maximum absolute atomic E-state index is 13.2. The van der Waals surface area contributed by atoms with Gasteiger partial charge in [0.25, 0.3) is 0 Å². The highest BCUT2D eigenvalue weighted by Crippen LogP contribution is 2.31. The quantitative estimate of drug-likeness (QED) is 0.871. The van der Waals surface area contributed by atoms with Crippen molar-refractivity contribution >= 4 is 15.9 Å². The molecule has 0 saturated carbocycles. The van der Waals surface area contributed by atoms with Gasteiger partial charge in [0.1, 0.15) is 10.9 Å². The van der Waals surface area contributed by atoms with Gasteiger partial charge in [-0.2, -0.15) is 9.40 Å². The molecule has 1 saturated heterocycles. The third-order valence-electron chi connectivity index (χ3n) is 4.19. The molecule has 24 heavy (non-hydrogen) atoms. The molecule has 0 spiro atoms. The molecule has 1 aliphatic rings. The van der Waals surface area contributed by atoms with Gasteiger partial charge in [0, 0.05) is 13.1 Å². The summed E-state index contributed by atoms with van der Waals surface area (Å²) in [7, 11) is -3.84. The molecule has 2 aromatic rings. The lowest BCUT2D eigenvalue weighted by Gasteiger charge is -2.34. The highest BCUT2D eigenvalue weighted by atomic mass is 32.2. The van der Waals surface area contributed by atoms with E-state index in [1.54, 1.807) is 26.0 Å². The average Bonchev–Trinajstić information content (AvgIpc) is 2.87. The molecule has 7 nitrogen and oxygen atoms in total. The van der Waals surface area contributed by atoms with Gasteiger partial charge in [-0.05, 0) is 26.3 Å². The van der Waals surface area contributed by atoms with Crippen LogP contribution in [0.25, 0.3) is 0 Å². The predicted octanol–water partition coefficient (Wildman–Crippen LogP) is 1.20. The second-order valence-electron chi connectivity index (χ2n) is 5.98. The van der Waals surface area contributed by atoms with Gasteiger partial charge in [-0.15, -0.1) is 0 Å². The topological polar surface area (TPSA) is 95.2 Å². The van der Waals surface area contributed by atoms with Gasteiger partial charge in [-0.3, -0.25) is 9.89 Å². The first-order valence-corrected chi connectivity index (χ1v) is 9.14. The van der Waals surface area contributed by atoms with E-state index in [4.69, 9.17) is 0 Å². The second kappa shape index (κ2) is 6.03. The Hall–Kier alpha value is -2.19. The standard InChI is InChI=1S/C16H20N4O3S/c1-10-4-6-13(7-5-10)14-16(21)17-8-9-20(14)24(22,23)15-11(2)18-19-12(15)3/h4-7,14H,8-9H2,1-3H3,(H,17,21)(H,18,19). The predicted molar refractivity (Wildman–Crippen MR) is 88.9 cm³/mol. The van der Waals surface area contributed by atoms with Crippen molar-refractivity contribution in [2.75, 3.05) is 13.1 Å². The summed E-state index contributed by atoms with van der Waals surface area (Å²) >= 11 is 0. The number of nitrogens with zero attached hydrogens (tertiary/aromatic N) is 2. The number of aromatic nitrogens is 2. The zero-order valence-corrected chi connectivity index (χ0v) is 14.6. The molecule has 1 unspecified atom stereocenters. The van der Waals surface area contributed by atoms with Gasteiger partial charge in [0.2, 0.25) is 15.9 Å². The van der Waals surface area contributed by atoms with Crippen LogP contribution in [0.2, 0.25) is 0 Å². The van der Waals surface area contributed by atoms with Crippen molar-refractivity contribution in [3.05, 3.63) is 46.8 Å². The minimum absolute atomic E-state index is 0.148. The summed E-state index contributed by atoms with van der Waals surface area (Å²) in [5.74, 6) is -0.313. The molecule has 0 aliphatic carbocycles. The number of aryl methyl sites for hydroxylation is 3. The Morgan fingerprint density at radius 1 is 1.17 bits per heavy atom. The van der Waals surface area contributed by atoms with Crippen molar-refractivity contribution in [3.8, 4) is 0 Å². The highest BCUT2D eigenvalue weighted by molar-refractivity contribution is 7.89. The van der Waals surface area contributed by atoms with Gasteiger partial charge < -0.3 is 5.32 Å². The Balaban J connectivity index is 2.10. The lowest BCUT2D eigenvalue weighted by atomic mass is 10.0. The molecule has 1 atom stereocenters. The number of piperazine rings is 1. The van der Waals surface area contributed by atoms with Crippen molar-refractivity contribution in [2.45, 2.75) is 31.7 Å². The number of amides is 1. The number of carbonyl (C=O) groups is 1. The number of rotatable bonds is 3. The summed E-state index contributed by atoms with van der Waals surface area (Å²) in [5.41, 5.74) is 2.58. The molecule has 0 bridgehead atoms. The smallest absolute Gasteiger partial charge is 0.247 e. The van der Waals surface area contributed by atoms with E-state index in [2.05, 4.69) is 15.5 Å². The zero-order chi connectivity index (χ0) is 17.5. The third-order valence-corrected chi connectivity index (χ3v) is 6.32. The molecule has 1 amide bonds. The van der Waals surface area contributed by atoms with E-state index in [9.17, 15) is 13.2 Å². The summed E-state index contributed by atoms with van der Waals surface area (Å²) in [4.78, 5) is 12.6. The fourth-order valence-corrected chi connectivity index (χ4v) is 4.92. The monoisotopic (exact) mass is 348 g/mol. The van der Waals surface area contributed by atoms with Crippen LogP contribution in [0.3, 0.4) is 0 Å². The first kappa shape index (κ1) is 16.7. The first-order valence-electron chi connectivity index (χ1n) is 7.70. The maximum Gasteiger partial charge on any atom is 0.247 e. The number of H-pyrrole nitrogens is 1. The van der Waals surface area contributed by atoms with E-state index >= 15 is 0 Å². The van der Waals surface area contributed by atoms with Crippen LogP contribution in [-0.4, -0.2) is 41.9 Å². The molecule has 1 aliphatic heterocycles. The van der Waals surface area contributed by atoms with Crippen molar-refractivity contribution < 1.29 is 13.2 Å². The molecule has 1 aromatic heterocycles. The van der Waals surface area contributed by atoms with E-state index in [1.165, 1.54) is 4.31 Å². The molecular formula is C16H20N4O3S. The van der Waals surface area contributed by atoms with Crippen molar-refractivity contribution in [2.24, 2.45) is 0 Å². The lowest BCUT2D eigenvalue weighted by Crippen LogP contribution is -2.52. The van der Waals surface area contributed by atoms with Crippen LogP contribution in [0.15, 0.2) is 29.2 Å². The Bertz CT molecular complexity index is 852. The minimum atomic E-state index is -3.84. The number of carbonyl (C=O) groups excluding carboxylic acids is 1. The summed E-state index contributed by atoms with van der Waals surface area (Å²) < 4.78 is 27.6. The summed E-state index contributed by atoms with van der Waals surface area (Å²) in [6.07, 6.45) is 0. The van der Waals surface area contributed by atoms with Crippen LogP contribution < -0.4 is 5.32 Å². The van der Waals surface area contributed by atoms with E-state index in [-0.39, 0.29) is 23.9 Å². The normalized spacial score (nSPS) is 19.3. The second-order valence-corrected chi connectivity index (χ2v) is 7.81. The van der Waals surface area contributed by atoms with E-state index in [0.29, 0.717) is 17.0 Å². The number of hydrogen-bond acceptors (Lipinski definition) is 4. The van der Waals surface area contributed by atoms with Crippen LogP contribution in [0.1, 0.15) is 28.6 Å². The average molecular weight is 348 g/mol. The van der Waals surface area contributed by atoms with Crippen LogP contribution in [-0.2, 0) is 14.8 Å². The van der Waals surface area contributed by atoms with E-state index in [1.807, 2.05) is 19.1 Å². The molecule has 1 fully saturated rings. The fourth-order valence-electron chi connectivity index (χ4n) is 3.01. The van der Waals surface area contributed by atoms with Gasteiger partial charge in [0.05, 0.1) is 11.4 Å². The Labute approximate surface area is 141 Å². The Kier molecular flexibility index (Phi) is 4.18. The van der Waals surface area contributed by atoms with Crippen molar-refractivity contribution in [3.63, 3.8) is 0 Å². The number of sulfonamides is 1. The molecule has 2 N–H and O–H groups in total. The Morgan fingerprint density at radius 3 is 2.42 bits per heavy atom. The molecule has 2 heterocycles. The van der Waals surface area contributed by atoms with Crippen LogP contribution in [0.4, 0.5) is 0 Å². The first-order chi connectivity index (χ1) is 11.3. The van der Waals surface area contributed by atoms with Crippen LogP contribution in [0.5, 0.6) is 0 Å². The molecule has 8 heteroatoms. The number of nitrogens with one attached hydrogen (secondary N) is 2. The highest BCUT2D eigenvalue weighted by Gasteiger charge is 2.41. The van der Waals surface area contributed by atoms with Gasteiger partial charge >= 0.3 is 0 Å². The van der Waals surface area contributed by atoms with Gasteiger partial charge in [-0.1, -0.05) is 29.8 Å². The molecule has 128 valence electrons. The minimum Gasteiger partial charge on any atom is -0.353 e. The summed E-state index contributed by atoms with van der Waals surface area (Å²) in [5, 5.41) is 9.43. The van der Waals surface area contributed by atoms with Gasteiger partial charge in [0.15, 0.2) is 0 Å². The SMILES string of the molecule is Cc1ccc(C2C(=O)NCCN2S(=O)(=O)c2c(C)n[nH]c2C)cc1. The summed E-state index contributed by atoms with van der Waals surface area (Å²) in [6.45, 7) is 5.75. The van der Waals surface area contributed by atoms with Crippen LogP contribution in [0, 0.1) is 20.8 Å². The third kappa shape index (κ3) is 2.71. The van der Waals surface area contributed by atoms with E-state index in [0.717, 1.165) is 5.56 Å².